The van der Waals surface area contributed by atoms with Crippen molar-refractivity contribution in [2.75, 3.05) is 6.54 Å². The Bertz CT molecular complexity index is 837. The van der Waals surface area contributed by atoms with E-state index in [4.69, 9.17) is 5.73 Å². The number of hydrogen-bond acceptors (Lipinski definition) is 4. The molecule has 0 spiro atoms. The molecule has 0 saturated carbocycles. The third kappa shape index (κ3) is 2.44. The summed E-state index contributed by atoms with van der Waals surface area (Å²) in [4.78, 5) is 15.0. The van der Waals surface area contributed by atoms with Gasteiger partial charge in [0.25, 0.3) is 5.69 Å². The summed E-state index contributed by atoms with van der Waals surface area (Å²) in [6.07, 6.45) is 2.67. The van der Waals surface area contributed by atoms with Gasteiger partial charge in [-0.05, 0) is 37.2 Å². The van der Waals surface area contributed by atoms with E-state index < -0.39 is 4.92 Å². The highest BCUT2D eigenvalue weighted by molar-refractivity contribution is 5.68. The molecule has 0 radical (unpaired) electrons. The van der Waals surface area contributed by atoms with Crippen LogP contribution in [0.1, 0.15) is 11.3 Å². The smallest absolute Gasteiger partial charge is 0.269 e. The predicted molar refractivity (Wildman–Crippen MR) is 84.8 cm³/mol. The number of fused-ring (bicyclic) bond motifs is 1. The molecule has 6 nitrogen and oxygen atoms in total. The highest BCUT2D eigenvalue weighted by Crippen LogP contribution is 2.27. The molecule has 112 valence electrons. The molecule has 22 heavy (non-hydrogen) atoms. The second kappa shape index (κ2) is 5.57. The number of hydrogen-bond donors (Lipinski definition) is 1. The van der Waals surface area contributed by atoms with Crippen LogP contribution in [0.3, 0.4) is 0 Å². The molecule has 0 unspecified atom stereocenters. The van der Waals surface area contributed by atoms with Crippen LogP contribution in [-0.2, 0) is 6.42 Å². The maximum Gasteiger partial charge on any atom is 0.269 e. The fourth-order valence-electron chi connectivity index (χ4n) is 2.56. The zero-order valence-electron chi connectivity index (χ0n) is 12.2. The Balaban J connectivity index is 2.20. The lowest BCUT2D eigenvalue weighted by Crippen LogP contribution is -2.04. The summed E-state index contributed by atoms with van der Waals surface area (Å²) < 4.78 is 2.02. The van der Waals surface area contributed by atoms with E-state index in [1.165, 1.54) is 12.1 Å². The summed E-state index contributed by atoms with van der Waals surface area (Å²) in [5.74, 6) is 0. The molecule has 0 aliphatic heterocycles. The Hall–Kier alpha value is -2.73. The van der Waals surface area contributed by atoms with Crippen LogP contribution in [0.2, 0.25) is 0 Å². The number of nitrogens with zero attached hydrogens (tertiary/aromatic N) is 3. The standard InChI is InChI=1S/C16H16N4O2/c1-11-2-7-15-18-14(8-9-17)16(19(15)10-11)12-3-5-13(6-4-12)20(21)22/h2-7,10H,8-9,17H2,1H3. The van der Waals surface area contributed by atoms with Crippen LogP contribution in [0.15, 0.2) is 42.6 Å². The van der Waals surface area contributed by atoms with E-state index in [1.807, 2.05) is 29.7 Å². The number of nitrogens with two attached hydrogens (primary N) is 1. The minimum Gasteiger partial charge on any atom is -0.330 e. The predicted octanol–water partition coefficient (Wildman–Crippen LogP) is 2.72. The second-order valence-electron chi connectivity index (χ2n) is 5.18. The molecule has 0 atom stereocenters. The van der Waals surface area contributed by atoms with Crippen molar-refractivity contribution in [1.29, 1.82) is 0 Å². The minimum atomic E-state index is -0.400. The average molecular weight is 296 g/mol. The minimum absolute atomic E-state index is 0.0779. The second-order valence-corrected chi connectivity index (χ2v) is 5.18. The highest BCUT2D eigenvalue weighted by Gasteiger charge is 2.15. The molecule has 0 fully saturated rings. The number of aromatic nitrogens is 2. The Labute approximate surface area is 127 Å². The number of rotatable bonds is 4. The molecule has 2 N–H and O–H groups in total. The third-order valence-electron chi connectivity index (χ3n) is 3.57. The molecule has 0 bridgehead atoms. The topological polar surface area (TPSA) is 86.5 Å². The lowest BCUT2D eigenvalue weighted by molar-refractivity contribution is -0.384. The molecule has 2 aromatic heterocycles. The molecule has 1 aromatic carbocycles. The van der Waals surface area contributed by atoms with E-state index in [2.05, 4.69) is 4.98 Å². The lowest BCUT2D eigenvalue weighted by atomic mass is 10.1. The normalized spacial score (nSPS) is 11.0. The maximum atomic E-state index is 10.8. The number of benzene rings is 1. The van der Waals surface area contributed by atoms with Crippen LogP contribution in [0.5, 0.6) is 0 Å². The molecule has 0 aliphatic carbocycles. The van der Waals surface area contributed by atoms with Crippen molar-refractivity contribution in [3.05, 3.63) is 64.0 Å². The van der Waals surface area contributed by atoms with Crippen molar-refractivity contribution < 1.29 is 4.92 Å². The van der Waals surface area contributed by atoms with E-state index in [9.17, 15) is 10.1 Å². The first-order valence-corrected chi connectivity index (χ1v) is 7.02. The number of non-ortho nitro benzene ring substituents is 1. The van der Waals surface area contributed by atoms with Crippen molar-refractivity contribution in [3.8, 4) is 11.3 Å². The lowest BCUT2D eigenvalue weighted by Gasteiger charge is -2.05. The van der Waals surface area contributed by atoms with Gasteiger partial charge in [0.2, 0.25) is 0 Å². The Morgan fingerprint density at radius 2 is 1.95 bits per heavy atom. The monoisotopic (exact) mass is 296 g/mol. The van der Waals surface area contributed by atoms with E-state index in [-0.39, 0.29) is 5.69 Å². The SMILES string of the molecule is Cc1ccc2nc(CCN)c(-c3ccc([N+](=O)[O-])cc3)n2c1. The molecule has 3 aromatic rings. The first-order valence-electron chi connectivity index (χ1n) is 7.02. The summed E-state index contributed by atoms with van der Waals surface area (Å²) in [5, 5.41) is 10.8. The maximum absolute atomic E-state index is 10.8. The third-order valence-corrected chi connectivity index (χ3v) is 3.57. The average Bonchev–Trinajstić information content (AvgIpc) is 2.85. The molecule has 6 heteroatoms. The molecule has 3 rings (SSSR count). The zero-order valence-corrected chi connectivity index (χ0v) is 12.2. The van der Waals surface area contributed by atoms with Gasteiger partial charge in [-0.2, -0.15) is 0 Å². The van der Waals surface area contributed by atoms with Crippen LogP contribution >= 0.6 is 0 Å². The van der Waals surface area contributed by atoms with Gasteiger partial charge in [-0.3, -0.25) is 14.5 Å². The van der Waals surface area contributed by atoms with Crippen LogP contribution in [0.4, 0.5) is 5.69 Å². The summed E-state index contributed by atoms with van der Waals surface area (Å²) in [6, 6.07) is 10.5. The Kier molecular flexibility index (Phi) is 3.60. The van der Waals surface area contributed by atoms with E-state index in [0.29, 0.717) is 13.0 Å². The van der Waals surface area contributed by atoms with Gasteiger partial charge in [0.1, 0.15) is 5.65 Å². The molecule has 2 heterocycles. The van der Waals surface area contributed by atoms with Crippen molar-refractivity contribution in [3.63, 3.8) is 0 Å². The molecule has 0 saturated heterocycles. The summed E-state index contributed by atoms with van der Waals surface area (Å²) in [5.41, 5.74) is 10.5. The van der Waals surface area contributed by atoms with Crippen molar-refractivity contribution in [2.45, 2.75) is 13.3 Å². The van der Waals surface area contributed by atoms with Crippen LogP contribution in [-0.4, -0.2) is 20.9 Å². The van der Waals surface area contributed by atoms with E-state index >= 15 is 0 Å². The largest absolute Gasteiger partial charge is 0.330 e. The number of pyridine rings is 1. The molecular weight excluding hydrogens is 280 g/mol. The molecular formula is C16H16N4O2. The summed E-state index contributed by atoms with van der Waals surface area (Å²) in [6.45, 7) is 2.52. The van der Waals surface area contributed by atoms with Crippen LogP contribution in [0.25, 0.3) is 16.9 Å². The van der Waals surface area contributed by atoms with Crippen LogP contribution in [0, 0.1) is 17.0 Å². The van der Waals surface area contributed by atoms with Gasteiger partial charge >= 0.3 is 0 Å². The van der Waals surface area contributed by atoms with E-state index in [0.717, 1.165) is 28.2 Å². The van der Waals surface area contributed by atoms with Gasteiger partial charge in [0, 0.05) is 30.3 Å². The first kappa shape index (κ1) is 14.2. The summed E-state index contributed by atoms with van der Waals surface area (Å²) >= 11 is 0. The van der Waals surface area contributed by atoms with Gasteiger partial charge in [-0.1, -0.05) is 6.07 Å². The van der Waals surface area contributed by atoms with Crippen molar-refractivity contribution in [1.82, 2.24) is 9.38 Å². The van der Waals surface area contributed by atoms with Gasteiger partial charge in [0.05, 0.1) is 16.3 Å². The van der Waals surface area contributed by atoms with Crippen molar-refractivity contribution >= 4 is 11.3 Å². The van der Waals surface area contributed by atoms with Gasteiger partial charge in [0.15, 0.2) is 0 Å². The molecule has 0 aliphatic rings. The number of aryl methyl sites for hydroxylation is 1. The number of nitro benzene ring substituents is 1. The Morgan fingerprint density at radius 1 is 1.23 bits per heavy atom. The fraction of sp³-hybridized carbons (Fsp3) is 0.188. The first-order chi connectivity index (χ1) is 10.6. The van der Waals surface area contributed by atoms with Crippen molar-refractivity contribution in [2.24, 2.45) is 5.73 Å². The molecule has 0 amide bonds. The van der Waals surface area contributed by atoms with Gasteiger partial charge < -0.3 is 5.73 Å². The Morgan fingerprint density at radius 3 is 2.59 bits per heavy atom. The fourth-order valence-corrected chi connectivity index (χ4v) is 2.56. The van der Waals surface area contributed by atoms with Gasteiger partial charge in [-0.25, -0.2) is 4.98 Å². The van der Waals surface area contributed by atoms with E-state index in [1.54, 1.807) is 12.1 Å². The number of nitro groups is 1. The quantitative estimate of drug-likeness (QED) is 0.592. The highest BCUT2D eigenvalue weighted by atomic mass is 16.6. The zero-order chi connectivity index (χ0) is 15.7. The summed E-state index contributed by atoms with van der Waals surface area (Å²) in [7, 11) is 0. The van der Waals surface area contributed by atoms with Crippen LogP contribution < -0.4 is 5.73 Å². The number of imidazole rings is 1. The van der Waals surface area contributed by atoms with Gasteiger partial charge in [-0.15, -0.1) is 0 Å².